The molecule has 0 aromatic rings. The number of carboxylic acid groups (broad SMARTS) is 2. The molecule has 0 bridgehead atoms. The zero-order valence-electron chi connectivity index (χ0n) is 10.6. The molecule has 0 saturated carbocycles. The van der Waals surface area contributed by atoms with E-state index < -0.39 is 29.7 Å². The number of ketones is 1. The van der Waals surface area contributed by atoms with Gasteiger partial charge in [-0.2, -0.15) is 0 Å². The third-order valence-corrected chi connectivity index (χ3v) is 1.29. The van der Waals surface area contributed by atoms with Crippen molar-refractivity contribution in [3.8, 4) is 0 Å². The molecule has 1 amide bonds. The van der Waals surface area contributed by atoms with Gasteiger partial charge >= 0.3 is 59.1 Å². The van der Waals surface area contributed by atoms with Crippen LogP contribution >= 0.6 is 0 Å². The minimum Gasteiger partial charge on any atom is -0.548 e. The van der Waals surface area contributed by atoms with Crippen molar-refractivity contribution in [3.05, 3.63) is 0 Å². The maximum atomic E-state index is 10.1. The van der Waals surface area contributed by atoms with E-state index in [4.69, 9.17) is 11.5 Å². The van der Waals surface area contributed by atoms with Gasteiger partial charge in [0.1, 0.15) is 5.97 Å². The van der Waals surface area contributed by atoms with E-state index in [-0.39, 0.29) is 72.0 Å². The molecule has 1 atom stereocenters. The zero-order valence-corrected chi connectivity index (χ0v) is 14.6. The van der Waals surface area contributed by atoms with Gasteiger partial charge in [0.25, 0.3) is 0 Å². The van der Waals surface area contributed by atoms with Crippen molar-refractivity contribution in [3.63, 3.8) is 0 Å². The molecule has 0 unspecified atom stereocenters. The molecular formula is C8H12N2Na2O6. The van der Waals surface area contributed by atoms with Crippen LogP contribution in [0.5, 0.6) is 0 Å². The average molecular weight is 278 g/mol. The molecule has 0 spiro atoms. The van der Waals surface area contributed by atoms with E-state index in [9.17, 15) is 29.4 Å². The van der Waals surface area contributed by atoms with Gasteiger partial charge in [-0.1, -0.05) is 0 Å². The van der Waals surface area contributed by atoms with Crippen molar-refractivity contribution < 1.29 is 88.5 Å². The molecular weight excluding hydrogens is 266 g/mol. The van der Waals surface area contributed by atoms with Gasteiger partial charge in [0.15, 0.2) is 5.78 Å². The summed E-state index contributed by atoms with van der Waals surface area (Å²) in [7, 11) is 0. The van der Waals surface area contributed by atoms with Crippen LogP contribution in [0.3, 0.4) is 0 Å². The number of carbonyl (C=O) groups excluding carboxylic acids is 4. The van der Waals surface area contributed by atoms with Crippen LogP contribution in [0.1, 0.15) is 19.8 Å². The van der Waals surface area contributed by atoms with Crippen LogP contribution in [-0.2, 0) is 19.2 Å². The first-order valence-corrected chi connectivity index (χ1v) is 4.15. The molecule has 0 fully saturated rings. The molecule has 0 aliphatic heterocycles. The monoisotopic (exact) mass is 278 g/mol. The van der Waals surface area contributed by atoms with Crippen LogP contribution in [0.2, 0.25) is 0 Å². The normalized spacial score (nSPS) is 9.44. The van der Waals surface area contributed by atoms with Gasteiger partial charge in [-0.25, -0.2) is 0 Å². The van der Waals surface area contributed by atoms with Gasteiger partial charge in [0.05, 0.1) is 5.97 Å². The van der Waals surface area contributed by atoms with Gasteiger partial charge in [0.2, 0.25) is 5.91 Å². The fourth-order valence-corrected chi connectivity index (χ4v) is 0.416. The fraction of sp³-hybridized carbons (Fsp3) is 0.500. The van der Waals surface area contributed by atoms with Gasteiger partial charge in [0, 0.05) is 19.4 Å². The number of aliphatic carboxylic acids is 2. The number of hydrogen-bond donors (Lipinski definition) is 2. The Kier molecular flexibility index (Phi) is 22.3. The van der Waals surface area contributed by atoms with Crippen molar-refractivity contribution in [1.29, 1.82) is 0 Å². The Morgan fingerprint density at radius 2 is 1.44 bits per heavy atom. The summed E-state index contributed by atoms with van der Waals surface area (Å²) < 4.78 is 0. The number of Topliss-reactive ketones (excluding diaryl/α,β-unsaturated/α-hetero) is 1. The third-order valence-electron chi connectivity index (χ3n) is 1.29. The summed E-state index contributed by atoms with van der Waals surface area (Å²) in [6.45, 7) is 0.940. The van der Waals surface area contributed by atoms with E-state index in [0.29, 0.717) is 0 Å². The first kappa shape index (κ1) is 26.6. The number of primary amides is 1. The number of nitrogens with two attached hydrogens (primary N) is 2. The topological polar surface area (TPSA) is 166 Å². The molecule has 92 valence electrons. The number of carboxylic acids is 2. The van der Waals surface area contributed by atoms with Gasteiger partial charge in [-0.15, -0.1) is 0 Å². The van der Waals surface area contributed by atoms with Crippen molar-refractivity contribution in [2.24, 2.45) is 11.5 Å². The first-order chi connectivity index (χ1) is 7.18. The summed E-state index contributed by atoms with van der Waals surface area (Å²) >= 11 is 0. The smallest absolute Gasteiger partial charge is 0.548 e. The molecule has 0 saturated heterocycles. The largest absolute Gasteiger partial charge is 1.00 e. The summed E-state index contributed by atoms with van der Waals surface area (Å²) in [6, 6.07) is -1.09. The van der Waals surface area contributed by atoms with Crippen LogP contribution in [-0.4, -0.2) is 29.7 Å². The van der Waals surface area contributed by atoms with E-state index in [2.05, 4.69) is 0 Å². The van der Waals surface area contributed by atoms with Crippen LogP contribution in [0.25, 0.3) is 0 Å². The predicted molar refractivity (Wildman–Crippen MR) is 47.1 cm³/mol. The van der Waals surface area contributed by atoms with Crippen molar-refractivity contribution in [2.75, 3.05) is 0 Å². The van der Waals surface area contributed by atoms with Crippen LogP contribution < -0.4 is 80.8 Å². The molecule has 18 heavy (non-hydrogen) atoms. The van der Waals surface area contributed by atoms with Crippen molar-refractivity contribution in [1.82, 2.24) is 0 Å². The second-order valence-corrected chi connectivity index (χ2v) is 2.77. The molecule has 0 rings (SSSR count). The van der Waals surface area contributed by atoms with Crippen LogP contribution in [0.15, 0.2) is 0 Å². The Labute approximate surface area is 148 Å². The molecule has 4 N–H and O–H groups in total. The molecule has 0 radical (unpaired) electrons. The maximum absolute atomic E-state index is 10.1. The predicted octanol–water partition coefficient (Wildman–Crippen LogP) is -10.3. The van der Waals surface area contributed by atoms with E-state index in [1.807, 2.05) is 0 Å². The Morgan fingerprint density at radius 1 is 1.11 bits per heavy atom. The van der Waals surface area contributed by atoms with Gasteiger partial charge in [-0.05, 0) is 6.42 Å². The summed E-state index contributed by atoms with van der Waals surface area (Å²) in [5, 5.41) is 19.2. The molecule has 0 aromatic carbocycles. The number of hydrogen-bond acceptors (Lipinski definition) is 7. The third kappa shape index (κ3) is 21.3. The summed E-state index contributed by atoms with van der Waals surface area (Å²) in [5.41, 5.74) is 9.73. The summed E-state index contributed by atoms with van der Waals surface area (Å²) in [4.78, 5) is 38.7. The van der Waals surface area contributed by atoms with Crippen LogP contribution in [0.4, 0.5) is 0 Å². The van der Waals surface area contributed by atoms with E-state index in [0.717, 1.165) is 6.92 Å². The minimum atomic E-state index is -1.63. The quantitative estimate of drug-likeness (QED) is 0.372. The van der Waals surface area contributed by atoms with Crippen molar-refractivity contribution >= 4 is 23.6 Å². The number of rotatable bonds is 5. The average Bonchev–Trinajstić information content (AvgIpc) is 2.14. The summed E-state index contributed by atoms with van der Waals surface area (Å²) in [5.74, 6) is -4.48. The van der Waals surface area contributed by atoms with E-state index in [1.54, 1.807) is 0 Å². The number of carbonyl (C=O) groups is 4. The first-order valence-electron chi connectivity index (χ1n) is 4.15. The second-order valence-electron chi connectivity index (χ2n) is 2.77. The summed E-state index contributed by atoms with van der Waals surface area (Å²) in [6.07, 6.45) is 0.0206. The minimum absolute atomic E-state index is 0. The van der Waals surface area contributed by atoms with Gasteiger partial charge < -0.3 is 31.3 Å². The Morgan fingerprint density at radius 3 is 1.61 bits per heavy atom. The molecule has 10 heteroatoms. The fourth-order valence-electron chi connectivity index (χ4n) is 0.416. The Bertz CT molecular complexity index is 285. The van der Waals surface area contributed by atoms with E-state index in [1.165, 1.54) is 0 Å². The maximum Gasteiger partial charge on any atom is 1.00 e. The van der Waals surface area contributed by atoms with Crippen molar-refractivity contribution in [2.45, 2.75) is 25.8 Å². The molecule has 0 aromatic heterocycles. The SMILES string of the molecule is CC(=O)C(=O)[O-].NC(=O)CC[C@H](N)C(=O)[O-].[Na+].[Na+]. The molecule has 0 heterocycles. The second kappa shape index (κ2) is 15.1. The molecule has 0 aliphatic rings. The standard InChI is InChI=1S/C5H10N2O3.C3H4O3.2Na/c6-3(5(9)10)1-2-4(7)8;1-2(4)3(5)6;;/h3H,1-2,6H2,(H2,7,8)(H,9,10);1H3,(H,5,6);;/q;;2*+1/p-2/t3-;;;/m0.../s1. The van der Waals surface area contributed by atoms with Crippen LogP contribution in [0, 0.1) is 0 Å². The Hall–Kier alpha value is 0.0400. The zero-order chi connectivity index (χ0) is 13.3. The van der Waals surface area contributed by atoms with Gasteiger partial charge in [-0.3, -0.25) is 9.59 Å². The number of amides is 1. The van der Waals surface area contributed by atoms with E-state index >= 15 is 0 Å². The Balaban J connectivity index is -0.000000108. The molecule has 8 nitrogen and oxygen atoms in total. The molecule has 0 aliphatic carbocycles.